The molecule has 6 heteroatoms. The van der Waals surface area contributed by atoms with Gasteiger partial charge in [0.05, 0.1) is 10.4 Å². The third-order valence-corrected chi connectivity index (χ3v) is 3.70. The first-order valence-corrected chi connectivity index (χ1v) is 7.23. The predicted octanol–water partition coefficient (Wildman–Crippen LogP) is 4.84. The smallest absolute Gasteiger partial charge is 0.322 e. The molecular formula is C12H9Br2ClN2O. The van der Waals surface area contributed by atoms with E-state index in [-0.39, 0.29) is 0 Å². The summed E-state index contributed by atoms with van der Waals surface area (Å²) in [6, 6.07) is 5.93. The van der Waals surface area contributed by atoms with Gasteiger partial charge in [0.25, 0.3) is 0 Å². The largest absolute Gasteiger partial charge is 0.423 e. The molecule has 0 spiro atoms. The lowest BCUT2D eigenvalue weighted by Gasteiger charge is -2.08. The molecule has 18 heavy (non-hydrogen) atoms. The topological polar surface area (TPSA) is 35.0 Å². The third-order valence-electron chi connectivity index (χ3n) is 2.30. The Hall–Kier alpha value is -0.650. The Morgan fingerprint density at radius 1 is 1.33 bits per heavy atom. The Morgan fingerprint density at radius 3 is 2.72 bits per heavy atom. The summed E-state index contributed by atoms with van der Waals surface area (Å²) in [5, 5.41) is 0. The molecule has 0 saturated carbocycles. The monoisotopic (exact) mass is 390 g/mol. The highest BCUT2D eigenvalue weighted by Crippen LogP contribution is 2.30. The summed E-state index contributed by atoms with van der Waals surface area (Å²) in [6.07, 6.45) is 1.68. The lowest BCUT2D eigenvalue weighted by atomic mass is 10.3. The minimum absolute atomic E-state index is 0.310. The van der Waals surface area contributed by atoms with Crippen molar-refractivity contribution < 1.29 is 4.74 Å². The van der Waals surface area contributed by atoms with Crippen LogP contribution in [0.2, 0.25) is 0 Å². The number of benzene rings is 1. The predicted molar refractivity (Wildman–Crippen MR) is 78.2 cm³/mol. The molecule has 0 bridgehead atoms. The van der Waals surface area contributed by atoms with E-state index >= 15 is 0 Å². The van der Waals surface area contributed by atoms with E-state index in [1.165, 1.54) is 0 Å². The highest BCUT2D eigenvalue weighted by Gasteiger charge is 2.07. The van der Waals surface area contributed by atoms with Crippen LogP contribution < -0.4 is 4.74 Å². The molecule has 0 unspecified atom stereocenters. The number of aromatic nitrogens is 2. The lowest BCUT2D eigenvalue weighted by Crippen LogP contribution is -1.97. The van der Waals surface area contributed by atoms with Gasteiger partial charge in [0, 0.05) is 21.9 Å². The van der Waals surface area contributed by atoms with E-state index in [1.54, 1.807) is 6.20 Å². The van der Waals surface area contributed by atoms with Gasteiger partial charge in [-0.15, -0.1) is 11.6 Å². The average Bonchev–Trinajstić information content (AvgIpc) is 2.33. The SMILES string of the molecule is Cc1nc(Oc2ccc(Br)cc2Br)ncc1CCl. The van der Waals surface area contributed by atoms with Crippen molar-refractivity contribution in [3.8, 4) is 11.8 Å². The van der Waals surface area contributed by atoms with Crippen LogP contribution in [0.15, 0.2) is 33.3 Å². The molecule has 0 fully saturated rings. The summed E-state index contributed by atoms with van der Waals surface area (Å²) in [5.41, 5.74) is 1.72. The molecule has 1 heterocycles. The summed E-state index contributed by atoms with van der Waals surface area (Å²) in [6.45, 7) is 1.88. The summed E-state index contributed by atoms with van der Waals surface area (Å²) in [7, 11) is 0. The van der Waals surface area contributed by atoms with Crippen LogP contribution in [0, 0.1) is 6.92 Å². The Labute approximate surface area is 127 Å². The normalized spacial score (nSPS) is 10.4. The molecule has 0 amide bonds. The Morgan fingerprint density at radius 2 is 2.11 bits per heavy atom. The van der Waals surface area contributed by atoms with E-state index < -0.39 is 0 Å². The molecule has 1 aromatic carbocycles. The van der Waals surface area contributed by atoms with E-state index in [9.17, 15) is 0 Å². The number of nitrogens with zero attached hydrogens (tertiary/aromatic N) is 2. The molecule has 0 aliphatic carbocycles. The van der Waals surface area contributed by atoms with Crippen LogP contribution >= 0.6 is 43.5 Å². The molecule has 0 N–H and O–H groups in total. The maximum absolute atomic E-state index is 5.75. The van der Waals surface area contributed by atoms with Gasteiger partial charge in [0.2, 0.25) is 0 Å². The Balaban J connectivity index is 2.26. The van der Waals surface area contributed by atoms with Crippen molar-refractivity contribution in [3.63, 3.8) is 0 Å². The standard InChI is InChI=1S/C12H9Br2ClN2O/c1-7-8(5-15)6-16-12(17-7)18-11-3-2-9(13)4-10(11)14/h2-4,6H,5H2,1H3. The highest BCUT2D eigenvalue weighted by atomic mass is 79.9. The van der Waals surface area contributed by atoms with E-state index in [2.05, 4.69) is 41.8 Å². The fraction of sp³-hybridized carbons (Fsp3) is 0.167. The molecule has 0 aliphatic rings. The van der Waals surface area contributed by atoms with Gasteiger partial charge in [-0.2, -0.15) is 4.98 Å². The van der Waals surface area contributed by atoms with Crippen LogP contribution in [0.5, 0.6) is 11.8 Å². The molecule has 94 valence electrons. The van der Waals surface area contributed by atoms with Crippen molar-refractivity contribution in [3.05, 3.63) is 44.6 Å². The number of hydrogen-bond donors (Lipinski definition) is 0. The van der Waals surface area contributed by atoms with Crippen molar-refractivity contribution in [2.45, 2.75) is 12.8 Å². The molecule has 0 aliphatic heterocycles. The average molecular weight is 392 g/mol. The summed E-state index contributed by atoms with van der Waals surface area (Å²) < 4.78 is 7.41. The number of ether oxygens (including phenoxy) is 1. The molecule has 0 saturated heterocycles. The van der Waals surface area contributed by atoms with Gasteiger partial charge in [0.15, 0.2) is 0 Å². The second-order valence-corrected chi connectivity index (χ2v) is 5.61. The van der Waals surface area contributed by atoms with Crippen molar-refractivity contribution in [1.82, 2.24) is 9.97 Å². The third kappa shape index (κ3) is 3.22. The van der Waals surface area contributed by atoms with Crippen LogP contribution in [0.4, 0.5) is 0 Å². The first kappa shape index (κ1) is 13.8. The fourth-order valence-corrected chi connectivity index (χ4v) is 2.70. The molecule has 3 nitrogen and oxygen atoms in total. The minimum Gasteiger partial charge on any atom is -0.423 e. The van der Waals surface area contributed by atoms with E-state index in [0.717, 1.165) is 20.2 Å². The van der Waals surface area contributed by atoms with Crippen LogP contribution in [0.25, 0.3) is 0 Å². The molecule has 0 atom stereocenters. The van der Waals surface area contributed by atoms with Gasteiger partial charge in [-0.3, -0.25) is 0 Å². The van der Waals surface area contributed by atoms with Crippen LogP contribution in [0.1, 0.15) is 11.3 Å². The maximum Gasteiger partial charge on any atom is 0.322 e. The van der Waals surface area contributed by atoms with E-state index in [4.69, 9.17) is 16.3 Å². The second kappa shape index (κ2) is 5.99. The van der Waals surface area contributed by atoms with E-state index in [0.29, 0.717) is 17.6 Å². The van der Waals surface area contributed by atoms with Crippen LogP contribution in [0.3, 0.4) is 0 Å². The maximum atomic E-state index is 5.75. The molecule has 1 aromatic heterocycles. The van der Waals surface area contributed by atoms with E-state index in [1.807, 2.05) is 25.1 Å². The second-order valence-electron chi connectivity index (χ2n) is 3.57. The number of aryl methyl sites for hydroxylation is 1. The Kier molecular flexibility index (Phi) is 4.59. The molecular weight excluding hydrogens is 383 g/mol. The van der Waals surface area contributed by atoms with Crippen molar-refractivity contribution >= 4 is 43.5 Å². The van der Waals surface area contributed by atoms with Crippen molar-refractivity contribution in [2.24, 2.45) is 0 Å². The molecule has 2 aromatic rings. The number of hydrogen-bond acceptors (Lipinski definition) is 3. The zero-order valence-electron chi connectivity index (χ0n) is 9.45. The summed E-state index contributed by atoms with van der Waals surface area (Å²) >= 11 is 12.6. The van der Waals surface area contributed by atoms with Crippen LogP contribution in [-0.4, -0.2) is 9.97 Å². The number of alkyl halides is 1. The molecule has 0 radical (unpaired) electrons. The fourth-order valence-electron chi connectivity index (χ4n) is 1.31. The zero-order valence-corrected chi connectivity index (χ0v) is 13.4. The minimum atomic E-state index is 0.310. The van der Waals surface area contributed by atoms with Gasteiger partial charge in [-0.05, 0) is 41.1 Å². The van der Waals surface area contributed by atoms with Gasteiger partial charge in [0.1, 0.15) is 5.75 Å². The first-order chi connectivity index (χ1) is 8.60. The van der Waals surface area contributed by atoms with Crippen LogP contribution in [-0.2, 0) is 5.88 Å². The number of halogens is 3. The summed E-state index contributed by atoms with van der Waals surface area (Å²) in [5.74, 6) is 1.06. The zero-order chi connectivity index (χ0) is 13.1. The van der Waals surface area contributed by atoms with Gasteiger partial charge in [-0.1, -0.05) is 15.9 Å². The van der Waals surface area contributed by atoms with Gasteiger partial charge in [-0.25, -0.2) is 4.98 Å². The van der Waals surface area contributed by atoms with Gasteiger partial charge < -0.3 is 4.74 Å². The highest BCUT2D eigenvalue weighted by molar-refractivity contribution is 9.11. The Bertz CT molecular complexity index is 578. The van der Waals surface area contributed by atoms with Crippen molar-refractivity contribution in [1.29, 1.82) is 0 Å². The lowest BCUT2D eigenvalue weighted by molar-refractivity contribution is 0.437. The van der Waals surface area contributed by atoms with Gasteiger partial charge >= 0.3 is 6.01 Å². The van der Waals surface area contributed by atoms with Crippen molar-refractivity contribution in [2.75, 3.05) is 0 Å². The molecule has 2 rings (SSSR count). The quantitative estimate of drug-likeness (QED) is 0.701. The number of rotatable bonds is 3. The summed E-state index contributed by atoms with van der Waals surface area (Å²) in [4.78, 5) is 8.37. The first-order valence-electron chi connectivity index (χ1n) is 5.11.